The highest BCUT2D eigenvalue weighted by Crippen LogP contribution is 2.21. The van der Waals surface area contributed by atoms with Gasteiger partial charge in [-0.1, -0.05) is 13.8 Å². The monoisotopic (exact) mass is 244 g/mol. The number of aliphatic hydroxyl groups is 1. The molecule has 102 valence electrons. The number of methoxy groups -OCH3 is 1. The number of rotatable bonds is 6. The van der Waals surface area contributed by atoms with Crippen LogP contribution < -0.4 is 5.73 Å². The number of nitrogens with zero attached hydrogens (tertiary/aromatic N) is 1. The first-order chi connectivity index (χ1) is 8.10. The predicted molar refractivity (Wildman–Crippen MR) is 69.9 cm³/mol. The van der Waals surface area contributed by atoms with Crippen molar-refractivity contribution in [2.75, 3.05) is 33.4 Å². The first-order valence-corrected chi connectivity index (χ1v) is 6.69. The van der Waals surface area contributed by atoms with Crippen molar-refractivity contribution < 1.29 is 9.84 Å². The number of aliphatic hydroxyl groups excluding tert-OH is 1. The Bertz CT molecular complexity index is 210. The molecule has 1 saturated heterocycles. The van der Waals surface area contributed by atoms with Gasteiger partial charge in [-0.25, -0.2) is 0 Å². The van der Waals surface area contributed by atoms with Gasteiger partial charge in [-0.15, -0.1) is 0 Å². The second-order valence-corrected chi connectivity index (χ2v) is 5.53. The van der Waals surface area contributed by atoms with Gasteiger partial charge in [0.2, 0.25) is 0 Å². The summed E-state index contributed by atoms with van der Waals surface area (Å²) in [4.78, 5) is 2.35. The summed E-state index contributed by atoms with van der Waals surface area (Å²) in [7, 11) is 1.75. The quantitative estimate of drug-likeness (QED) is 0.722. The van der Waals surface area contributed by atoms with Crippen LogP contribution in [0.25, 0.3) is 0 Å². The first-order valence-electron chi connectivity index (χ1n) is 6.69. The SMILES string of the molecule is COCC1CCCN(C(CO)C(N)C(C)C)C1. The van der Waals surface area contributed by atoms with Crippen LogP contribution in [-0.4, -0.2) is 55.5 Å². The van der Waals surface area contributed by atoms with E-state index in [-0.39, 0.29) is 18.7 Å². The number of hydrogen-bond acceptors (Lipinski definition) is 4. The van der Waals surface area contributed by atoms with Gasteiger partial charge in [0.25, 0.3) is 0 Å². The highest BCUT2D eigenvalue weighted by atomic mass is 16.5. The summed E-state index contributed by atoms with van der Waals surface area (Å²) in [5.41, 5.74) is 6.19. The standard InChI is InChI=1S/C13H28N2O2/c1-10(2)13(14)12(8-16)15-6-4-5-11(7-15)9-17-3/h10-13,16H,4-9,14H2,1-3H3. The fraction of sp³-hybridized carbons (Fsp3) is 1.00. The average molecular weight is 244 g/mol. The second-order valence-electron chi connectivity index (χ2n) is 5.53. The molecule has 0 spiro atoms. The van der Waals surface area contributed by atoms with E-state index in [0.29, 0.717) is 11.8 Å². The molecule has 0 aromatic rings. The zero-order valence-electron chi connectivity index (χ0n) is 11.4. The van der Waals surface area contributed by atoms with Crippen LogP contribution in [-0.2, 0) is 4.74 Å². The molecule has 0 bridgehead atoms. The maximum atomic E-state index is 9.56. The molecule has 3 unspecified atom stereocenters. The van der Waals surface area contributed by atoms with Crippen molar-refractivity contribution in [3.8, 4) is 0 Å². The lowest BCUT2D eigenvalue weighted by Crippen LogP contribution is -2.55. The fourth-order valence-corrected chi connectivity index (χ4v) is 2.70. The molecule has 17 heavy (non-hydrogen) atoms. The molecule has 0 saturated carbocycles. The number of hydrogen-bond donors (Lipinski definition) is 2. The lowest BCUT2D eigenvalue weighted by atomic mass is 9.92. The Hall–Kier alpha value is -0.160. The van der Waals surface area contributed by atoms with Crippen molar-refractivity contribution in [1.29, 1.82) is 0 Å². The molecule has 1 rings (SSSR count). The Balaban J connectivity index is 2.56. The molecule has 4 heteroatoms. The Kier molecular flexibility index (Phi) is 6.41. The molecule has 0 aromatic heterocycles. The van der Waals surface area contributed by atoms with Crippen LogP contribution in [0.3, 0.4) is 0 Å². The molecule has 0 aromatic carbocycles. The van der Waals surface area contributed by atoms with E-state index in [1.807, 2.05) is 0 Å². The largest absolute Gasteiger partial charge is 0.395 e. The molecule has 4 nitrogen and oxygen atoms in total. The normalized spacial score (nSPS) is 26.1. The number of likely N-dealkylation sites (tertiary alicyclic amines) is 1. The van der Waals surface area contributed by atoms with Crippen molar-refractivity contribution in [2.24, 2.45) is 17.6 Å². The van der Waals surface area contributed by atoms with Gasteiger partial charge in [-0.2, -0.15) is 0 Å². The highest BCUT2D eigenvalue weighted by molar-refractivity contribution is 4.87. The van der Waals surface area contributed by atoms with Crippen molar-refractivity contribution in [1.82, 2.24) is 4.90 Å². The van der Waals surface area contributed by atoms with Crippen molar-refractivity contribution in [3.05, 3.63) is 0 Å². The minimum Gasteiger partial charge on any atom is -0.395 e. The van der Waals surface area contributed by atoms with Crippen molar-refractivity contribution >= 4 is 0 Å². The van der Waals surface area contributed by atoms with Gasteiger partial charge in [0.05, 0.1) is 13.2 Å². The topological polar surface area (TPSA) is 58.7 Å². The van der Waals surface area contributed by atoms with E-state index in [9.17, 15) is 5.11 Å². The number of piperidine rings is 1. The van der Waals surface area contributed by atoms with Gasteiger partial charge in [-0.05, 0) is 31.2 Å². The summed E-state index contributed by atoms with van der Waals surface area (Å²) < 4.78 is 5.23. The van der Waals surface area contributed by atoms with Gasteiger partial charge < -0.3 is 15.6 Å². The highest BCUT2D eigenvalue weighted by Gasteiger charge is 2.30. The summed E-state index contributed by atoms with van der Waals surface area (Å²) in [6, 6.07) is 0.135. The maximum Gasteiger partial charge on any atom is 0.0602 e. The number of ether oxygens (including phenoxy) is 1. The van der Waals surface area contributed by atoms with Gasteiger partial charge in [0.15, 0.2) is 0 Å². The van der Waals surface area contributed by atoms with Crippen LogP contribution in [0.5, 0.6) is 0 Å². The molecule has 3 N–H and O–H groups in total. The van der Waals surface area contributed by atoms with E-state index in [4.69, 9.17) is 10.5 Å². The van der Waals surface area contributed by atoms with E-state index >= 15 is 0 Å². The van der Waals surface area contributed by atoms with E-state index in [1.54, 1.807) is 7.11 Å². The molecule has 1 aliphatic rings. The molecular weight excluding hydrogens is 216 g/mol. The zero-order chi connectivity index (χ0) is 12.8. The summed E-state index contributed by atoms with van der Waals surface area (Å²) >= 11 is 0. The Labute approximate surface area is 105 Å². The van der Waals surface area contributed by atoms with E-state index in [2.05, 4.69) is 18.7 Å². The predicted octanol–water partition coefficient (Wildman–Crippen LogP) is 0.689. The van der Waals surface area contributed by atoms with E-state index in [0.717, 1.165) is 19.7 Å². The molecule has 0 radical (unpaired) electrons. The van der Waals surface area contributed by atoms with Gasteiger partial charge in [0.1, 0.15) is 0 Å². The molecule has 0 amide bonds. The van der Waals surface area contributed by atoms with Gasteiger partial charge in [-0.3, -0.25) is 4.90 Å². The summed E-state index contributed by atoms with van der Waals surface area (Å²) in [5, 5.41) is 9.56. The second kappa shape index (κ2) is 7.31. The van der Waals surface area contributed by atoms with Gasteiger partial charge in [0, 0.05) is 25.7 Å². The van der Waals surface area contributed by atoms with Crippen LogP contribution in [0.4, 0.5) is 0 Å². The first kappa shape index (κ1) is 14.9. The molecule has 0 aliphatic carbocycles. The molecule has 1 fully saturated rings. The van der Waals surface area contributed by atoms with Crippen molar-refractivity contribution in [3.63, 3.8) is 0 Å². The van der Waals surface area contributed by atoms with Crippen LogP contribution in [0.2, 0.25) is 0 Å². The lowest BCUT2D eigenvalue weighted by molar-refractivity contribution is 0.0324. The zero-order valence-corrected chi connectivity index (χ0v) is 11.4. The third kappa shape index (κ3) is 4.21. The maximum absolute atomic E-state index is 9.56. The van der Waals surface area contributed by atoms with E-state index < -0.39 is 0 Å². The summed E-state index contributed by atoms with van der Waals surface area (Å²) in [6.07, 6.45) is 2.40. The summed E-state index contributed by atoms with van der Waals surface area (Å²) in [5.74, 6) is 0.983. The smallest absolute Gasteiger partial charge is 0.0602 e. The Morgan fingerprint density at radius 3 is 2.71 bits per heavy atom. The van der Waals surface area contributed by atoms with E-state index in [1.165, 1.54) is 12.8 Å². The van der Waals surface area contributed by atoms with Crippen molar-refractivity contribution in [2.45, 2.75) is 38.8 Å². The third-order valence-electron chi connectivity index (χ3n) is 3.82. The van der Waals surface area contributed by atoms with Crippen LogP contribution in [0.15, 0.2) is 0 Å². The molecular formula is C13H28N2O2. The van der Waals surface area contributed by atoms with Gasteiger partial charge >= 0.3 is 0 Å². The average Bonchev–Trinajstić information content (AvgIpc) is 2.30. The Morgan fingerprint density at radius 2 is 2.18 bits per heavy atom. The number of nitrogens with two attached hydrogens (primary N) is 1. The Morgan fingerprint density at radius 1 is 1.47 bits per heavy atom. The molecule has 3 atom stereocenters. The minimum atomic E-state index is 0.0429. The summed E-state index contributed by atoms with van der Waals surface area (Å²) in [6.45, 7) is 7.24. The third-order valence-corrected chi connectivity index (χ3v) is 3.82. The van der Waals surface area contributed by atoms with Crippen LogP contribution in [0.1, 0.15) is 26.7 Å². The molecule has 1 heterocycles. The van der Waals surface area contributed by atoms with Crippen LogP contribution >= 0.6 is 0 Å². The molecule has 1 aliphatic heterocycles. The lowest BCUT2D eigenvalue weighted by Gasteiger charge is -2.40. The minimum absolute atomic E-state index is 0.0429. The van der Waals surface area contributed by atoms with Crippen LogP contribution in [0, 0.1) is 11.8 Å². The fourth-order valence-electron chi connectivity index (χ4n) is 2.70.